The fourth-order valence-corrected chi connectivity index (χ4v) is 2.79. The summed E-state index contributed by atoms with van der Waals surface area (Å²) in [6.45, 7) is 0.287. The summed E-state index contributed by atoms with van der Waals surface area (Å²) >= 11 is 0. The van der Waals surface area contributed by atoms with Crippen molar-refractivity contribution >= 4 is 29.4 Å². The molecular weight excluding hydrogens is 349 g/mol. The van der Waals surface area contributed by atoms with Gasteiger partial charge in [-0.05, 0) is 54.5 Å². The third-order valence-corrected chi connectivity index (χ3v) is 4.18. The standard InChI is InChI=1S/C21H18FNO4/c22-17-4-1-3-15(13-17)6-11-21(26)27-14-19(24)16-7-9-18(10-8-16)23-12-2-5-20(23)25/h1,3-4,6-11,13H,2,5,12,14H2/b11-6+. The van der Waals surface area contributed by atoms with Crippen LogP contribution in [0.2, 0.25) is 0 Å². The van der Waals surface area contributed by atoms with E-state index in [2.05, 4.69) is 0 Å². The van der Waals surface area contributed by atoms with Gasteiger partial charge in [0.15, 0.2) is 12.4 Å². The Morgan fingerprint density at radius 2 is 1.93 bits per heavy atom. The monoisotopic (exact) mass is 367 g/mol. The van der Waals surface area contributed by atoms with Crippen molar-refractivity contribution in [3.8, 4) is 0 Å². The first kappa shape index (κ1) is 18.5. The van der Waals surface area contributed by atoms with E-state index in [1.807, 2.05) is 0 Å². The molecule has 1 aliphatic heterocycles. The van der Waals surface area contributed by atoms with Crippen molar-refractivity contribution in [2.24, 2.45) is 0 Å². The number of hydrogen-bond donors (Lipinski definition) is 0. The molecule has 5 nitrogen and oxygen atoms in total. The highest BCUT2D eigenvalue weighted by molar-refractivity contribution is 6.00. The molecule has 2 aromatic rings. The van der Waals surface area contributed by atoms with E-state index >= 15 is 0 Å². The smallest absolute Gasteiger partial charge is 0.331 e. The molecule has 1 amide bonds. The molecule has 0 saturated carbocycles. The highest BCUT2D eigenvalue weighted by atomic mass is 19.1. The average molecular weight is 367 g/mol. The lowest BCUT2D eigenvalue weighted by Crippen LogP contribution is -2.23. The quantitative estimate of drug-likeness (QED) is 0.446. The van der Waals surface area contributed by atoms with Crippen LogP contribution in [0.3, 0.4) is 0 Å². The van der Waals surface area contributed by atoms with Crippen LogP contribution in [0.25, 0.3) is 6.08 Å². The Balaban J connectivity index is 1.52. The summed E-state index contributed by atoms with van der Waals surface area (Å²) in [5.41, 5.74) is 1.67. The molecular formula is C21H18FNO4. The fraction of sp³-hybridized carbons (Fsp3) is 0.190. The van der Waals surface area contributed by atoms with E-state index in [0.717, 1.165) is 18.2 Å². The van der Waals surface area contributed by atoms with Crippen molar-refractivity contribution in [3.05, 3.63) is 71.6 Å². The van der Waals surface area contributed by atoms with Gasteiger partial charge in [-0.1, -0.05) is 12.1 Å². The summed E-state index contributed by atoms with van der Waals surface area (Å²) in [5, 5.41) is 0. The first-order chi connectivity index (χ1) is 13.0. The third kappa shape index (κ3) is 4.88. The molecule has 0 bridgehead atoms. The van der Waals surface area contributed by atoms with E-state index in [0.29, 0.717) is 24.1 Å². The fourth-order valence-electron chi connectivity index (χ4n) is 2.79. The van der Waals surface area contributed by atoms with Gasteiger partial charge in [-0.2, -0.15) is 0 Å². The van der Waals surface area contributed by atoms with E-state index in [1.54, 1.807) is 35.2 Å². The number of halogens is 1. The molecule has 27 heavy (non-hydrogen) atoms. The predicted molar refractivity (Wildman–Crippen MR) is 98.8 cm³/mol. The zero-order valence-electron chi connectivity index (χ0n) is 14.6. The number of carbonyl (C=O) groups is 3. The van der Waals surface area contributed by atoms with E-state index in [-0.39, 0.29) is 11.7 Å². The molecule has 0 unspecified atom stereocenters. The van der Waals surface area contributed by atoms with Crippen LogP contribution in [0.4, 0.5) is 10.1 Å². The second kappa shape index (κ2) is 8.40. The van der Waals surface area contributed by atoms with Gasteiger partial charge in [-0.25, -0.2) is 9.18 Å². The van der Waals surface area contributed by atoms with Crippen LogP contribution in [0, 0.1) is 5.82 Å². The molecule has 0 aliphatic carbocycles. The minimum Gasteiger partial charge on any atom is -0.454 e. The zero-order chi connectivity index (χ0) is 19.2. The van der Waals surface area contributed by atoms with Gasteiger partial charge in [0.1, 0.15) is 5.82 Å². The average Bonchev–Trinajstić information content (AvgIpc) is 3.10. The topological polar surface area (TPSA) is 63.7 Å². The Kier molecular flexibility index (Phi) is 5.76. The third-order valence-electron chi connectivity index (χ3n) is 4.18. The minimum atomic E-state index is -0.688. The van der Waals surface area contributed by atoms with E-state index in [9.17, 15) is 18.8 Å². The molecule has 138 valence electrons. The van der Waals surface area contributed by atoms with Gasteiger partial charge in [0.25, 0.3) is 0 Å². The van der Waals surface area contributed by atoms with Crippen LogP contribution in [-0.4, -0.2) is 30.8 Å². The van der Waals surface area contributed by atoms with Gasteiger partial charge in [0, 0.05) is 30.3 Å². The Morgan fingerprint density at radius 3 is 2.59 bits per heavy atom. The summed E-state index contributed by atoms with van der Waals surface area (Å²) in [7, 11) is 0. The van der Waals surface area contributed by atoms with Crippen molar-refractivity contribution in [2.45, 2.75) is 12.8 Å². The molecule has 1 aliphatic rings. The molecule has 3 rings (SSSR count). The van der Waals surface area contributed by atoms with Gasteiger partial charge in [-0.15, -0.1) is 0 Å². The van der Waals surface area contributed by atoms with Crippen LogP contribution in [0.5, 0.6) is 0 Å². The van der Waals surface area contributed by atoms with Gasteiger partial charge >= 0.3 is 5.97 Å². The lowest BCUT2D eigenvalue weighted by atomic mass is 10.1. The maximum atomic E-state index is 13.1. The molecule has 1 heterocycles. The Bertz CT molecular complexity index is 889. The second-order valence-electron chi connectivity index (χ2n) is 6.12. The highest BCUT2D eigenvalue weighted by Crippen LogP contribution is 2.21. The largest absolute Gasteiger partial charge is 0.454 e. The van der Waals surface area contributed by atoms with Crippen LogP contribution < -0.4 is 4.90 Å². The summed E-state index contributed by atoms with van der Waals surface area (Å²) in [6.07, 6.45) is 3.93. The van der Waals surface area contributed by atoms with E-state index in [4.69, 9.17) is 4.74 Å². The summed E-state index contributed by atoms with van der Waals surface area (Å²) in [6, 6.07) is 12.4. The summed E-state index contributed by atoms with van der Waals surface area (Å²) < 4.78 is 18.0. The number of Topliss-reactive ketones (excluding diaryl/α,β-unsaturated/α-hetero) is 1. The summed E-state index contributed by atoms with van der Waals surface area (Å²) in [5.74, 6) is -1.36. The SMILES string of the molecule is O=C(/C=C/c1cccc(F)c1)OCC(=O)c1ccc(N2CCCC2=O)cc1. The number of carbonyl (C=O) groups excluding carboxylic acids is 3. The Labute approximate surface area is 156 Å². The Hall–Kier alpha value is -3.28. The molecule has 0 aromatic heterocycles. The lowest BCUT2D eigenvalue weighted by molar-refractivity contribution is -0.136. The number of ketones is 1. The van der Waals surface area contributed by atoms with Crippen LogP contribution >= 0.6 is 0 Å². The molecule has 1 fully saturated rings. The molecule has 0 radical (unpaired) electrons. The number of ether oxygens (including phenoxy) is 1. The number of anilines is 1. The molecule has 0 spiro atoms. The van der Waals surface area contributed by atoms with Crippen molar-refractivity contribution in [1.29, 1.82) is 0 Å². The number of esters is 1. The van der Waals surface area contributed by atoms with Crippen LogP contribution in [0.15, 0.2) is 54.6 Å². The number of benzene rings is 2. The van der Waals surface area contributed by atoms with Gasteiger partial charge in [-0.3, -0.25) is 9.59 Å². The number of hydrogen-bond acceptors (Lipinski definition) is 4. The first-order valence-electron chi connectivity index (χ1n) is 8.57. The van der Waals surface area contributed by atoms with Gasteiger partial charge in [0.2, 0.25) is 5.91 Å². The first-order valence-corrected chi connectivity index (χ1v) is 8.57. The molecule has 6 heteroatoms. The summed E-state index contributed by atoms with van der Waals surface area (Å²) in [4.78, 5) is 37.2. The van der Waals surface area contributed by atoms with Crippen LogP contribution in [0.1, 0.15) is 28.8 Å². The number of amides is 1. The van der Waals surface area contributed by atoms with Gasteiger partial charge in [0.05, 0.1) is 0 Å². The minimum absolute atomic E-state index is 0.0769. The molecule has 0 atom stereocenters. The normalized spacial score (nSPS) is 14.0. The number of rotatable bonds is 6. The maximum absolute atomic E-state index is 13.1. The second-order valence-corrected chi connectivity index (χ2v) is 6.12. The lowest BCUT2D eigenvalue weighted by Gasteiger charge is -2.15. The van der Waals surface area contributed by atoms with Crippen LogP contribution in [-0.2, 0) is 14.3 Å². The highest BCUT2D eigenvalue weighted by Gasteiger charge is 2.21. The van der Waals surface area contributed by atoms with Gasteiger partial charge < -0.3 is 9.64 Å². The molecule has 2 aromatic carbocycles. The maximum Gasteiger partial charge on any atom is 0.331 e. The molecule has 0 N–H and O–H groups in total. The predicted octanol–water partition coefficient (Wildman–Crippen LogP) is 3.39. The van der Waals surface area contributed by atoms with Crippen molar-refractivity contribution < 1.29 is 23.5 Å². The van der Waals surface area contributed by atoms with Crippen molar-refractivity contribution in [3.63, 3.8) is 0 Å². The van der Waals surface area contributed by atoms with E-state index in [1.165, 1.54) is 24.3 Å². The van der Waals surface area contributed by atoms with Crippen molar-refractivity contribution in [1.82, 2.24) is 0 Å². The zero-order valence-corrected chi connectivity index (χ0v) is 14.6. The number of nitrogens with zero attached hydrogens (tertiary/aromatic N) is 1. The molecule has 1 saturated heterocycles. The Morgan fingerprint density at radius 1 is 1.15 bits per heavy atom. The van der Waals surface area contributed by atoms with E-state index < -0.39 is 18.4 Å². The van der Waals surface area contributed by atoms with Crippen molar-refractivity contribution in [2.75, 3.05) is 18.1 Å².